The van der Waals surface area contributed by atoms with Gasteiger partial charge in [0.05, 0.1) is 15.5 Å². The van der Waals surface area contributed by atoms with E-state index >= 15 is 0 Å². The van der Waals surface area contributed by atoms with Gasteiger partial charge in [0.2, 0.25) is 0 Å². The molecule has 0 saturated heterocycles. The lowest BCUT2D eigenvalue weighted by atomic mass is 10.1. The lowest BCUT2D eigenvalue weighted by molar-refractivity contribution is 0.482. The fraction of sp³-hybridized carbons (Fsp3) is 0. The molecule has 5 rings (SSSR count). The van der Waals surface area contributed by atoms with Crippen molar-refractivity contribution in [1.82, 2.24) is 0 Å². The van der Waals surface area contributed by atoms with Gasteiger partial charge < -0.3 is 4.74 Å². The third-order valence-electron chi connectivity index (χ3n) is 5.56. The first-order valence-electron chi connectivity index (χ1n) is 11.3. The minimum Gasteiger partial charge on any atom is -0.457 e. The summed E-state index contributed by atoms with van der Waals surface area (Å²) in [6.45, 7) is 0. The molecule has 0 bridgehead atoms. The second-order valence-corrected chi connectivity index (χ2v) is 11.5. The van der Waals surface area contributed by atoms with Gasteiger partial charge in [-0.1, -0.05) is 54.6 Å². The Kier molecular flexibility index (Phi) is 6.56. The molecule has 37 heavy (non-hydrogen) atoms. The molecule has 0 aliphatic carbocycles. The molecule has 9 heteroatoms. The van der Waals surface area contributed by atoms with Crippen molar-refractivity contribution in [3.8, 4) is 11.5 Å². The molecule has 0 radical (unpaired) electrons. The average molecular weight is 531 g/mol. The van der Waals surface area contributed by atoms with E-state index in [-0.39, 0.29) is 15.5 Å². The number of rotatable bonds is 8. The Balaban J connectivity index is 1.29. The summed E-state index contributed by atoms with van der Waals surface area (Å²) in [7, 11) is -7.78. The van der Waals surface area contributed by atoms with E-state index in [1.54, 1.807) is 36.4 Å². The van der Waals surface area contributed by atoms with Crippen LogP contribution in [0.4, 0.5) is 11.4 Å². The van der Waals surface area contributed by atoms with Crippen molar-refractivity contribution in [2.75, 3.05) is 9.44 Å². The third kappa shape index (κ3) is 5.58. The predicted octanol–water partition coefficient (Wildman–Crippen LogP) is 6.23. The molecule has 0 aromatic heterocycles. The van der Waals surface area contributed by atoms with E-state index in [2.05, 4.69) is 9.44 Å². The number of hydrogen-bond acceptors (Lipinski definition) is 5. The van der Waals surface area contributed by atoms with Crippen molar-refractivity contribution < 1.29 is 21.6 Å². The van der Waals surface area contributed by atoms with E-state index in [0.717, 1.165) is 10.8 Å². The Bertz CT molecular complexity index is 1750. The second-order valence-electron chi connectivity index (χ2n) is 8.15. The first kappa shape index (κ1) is 24.4. The summed E-state index contributed by atoms with van der Waals surface area (Å²) in [5.74, 6) is 1.14. The van der Waals surface area contributed by atoms with Crippen molar-refractivity contribution in [3.63, 3.8) is 0 Å². The van der Waals surface area contributed by atoms with E-state index in [1.807, 2.05) is 48.5 Å². The first-order valence-corrected chi connectivity index (χ1v) is 14.2. The molecule has 0 fully saturated rings. The van der Waals surface area contributed by atoms with Gasteiger partial charge in [-0.3, -0.25) is 9.44 Å². The minimum absolute atomic E-state index is 0.00537. The van der Waals surface area contributed by atoms with Crippen LogP contribution in [0.5, 0.6) is 11.5 Å². The van der Waals surface area contributed by atoms with E-state index < -0.39 is 20.0 Å². The molecule has 0 heterocycles. The summed E-state index contributed by atoms with van der Waals surface area (Å²) in [4.78, 5) is 0.0491. The van der Waals surface area contributed by atoms with Gasteiger partial charge in [0.25, 0.3) is 20.0 Å². The zero-order valence-electron chi connectivity index (χ0n) is 19.4. The molecule has 0 unspecified atom stereocenters. The van der Waals surface area contributed by atoms with Crippen LogP contribution in [-0.4, -0.2) is 16.8 Å². The maximum atomic E-state index is 13.0. The van der Waals surface area contributed by atoms with Crippen LogP contribution in [-0.2, 0) is 20.0 Å². The molecule has 0 saturated carbocycles. The fourth-order valence-corrected chi connectivity index (χ4v) is 5.88. The Hall–Kier alpha value is -4.34. The normalized spacial score (nSPS) is 11.7. The van der Waals surface area contributed by atoms with Crippen LogP contribution in [0.1, 0.15) is 0 Å². The minimum atomic E-state index is -3.89. The van der Waals surface area contributed by atoms with Crippen molar-refractivity contribution in [1.29, 1.82) is 0 Å². The van der Waals surface area contributed by atoms with E-state index in [9.17, 15) is 16.8 Å². The smallest absolute Gasteiger partial charge is 0.261 e. The fourth-order valence-electron chi connectivity index (χ4n) is 3.75. The largest absolute Gasteiger partial charge is 0.457 e. The third-order valence-corrected chi connectivity index (χ3v) is 8.34. The Morgan fingerprint density at radius 2 is 1.03 bits per heavy atom. The lowest BCUT2D eigenvalue weighted by Crippen LogP contribution is -2.14. The van der Waals surface area contributed by atoms with Crippen molar-refractivity contribution in [2.45, 2.75) is 9.79 Å². The molecule has 5 aromatic carbocycles. The van der Waals surface area contributed by atoms with Crippen molar-refractivity contribution >= 4 is 42.2 Å². The zero-order valence-corrected chi connectivity index (χ0v) is 21.0. The highest BCUT2D eigenvalue weighted by Crippen LogP contribution is 2.27. The molecule has 0 atom stereocenters. The molecule has 0 aliphatic rings. The van der Waals surface area contributed by atoms with Gasteiger partial charge >= 0.3 is 0 Å². The van der Waals surface area contributed by atoms with E-state index in [0.29, 0.717) is 17.2 Å². The highest BCUT2D eigenvalue weighted by Gasteiger charge is 2.18. The molecule has 0 aliphatic heterocycles. The topological polar surface area (TPSA) is 102 Å². The molecule has 2 N–H and O–H groups in total. The number of fused-ring (bicyclic) bond motifs is 1. The van der Waals surface area contributed by atoms with Gasteiger partial charge in [0, 0.05) is 11.1 Å². The van der Waals surface area contributed by atoms with Gasteiger partial charge in [0.15, 0.2) is 0 Å². The predicted molar refractivity (Wildman–Crippen MR) is 145 cm³/mol. The molecule has 186 valence electrons. The van der Waals surface area contributed by atoms with Gasteiger partial charge in [-0.05, 0) is 72.1 Å². The van der Waals surface area contributed by atoms with Crippen LogP contribution in [0.25, 0.3) is 10.8 Å². The summed E-state index contributed by atoms with van der Waals surface area (Å²) in [6, 6.07) is 33.5. The standard InChI is InChI=1S/C28H22N2O5S2/c31-36(32,26-19-15-24(16-20-26)35-23-9-2-1-3-10-23)29-22-13-17-25(18-14-22)37(33,34)30-28-12-6-8-21-7-4-5-11-27(21)28/h1-20,29-30H. The maximum absolute atomic E-state index is 13.0. The van der Waals surface area contributed by atoms with Gasteiger partial charge in [-0.2, -0.15) is 0 Å². The SMILES string of the molecule is O=S(=O)(Nc1ccc(S(=O)(=O)Nc2cccc3ccccc23)cc1)c1ccc(Oc2ccccc2)cc1. The van der Waals surface area contributed by atoms with Crippen LogP contribution in [0.2, 0.25) is 0 Å². The summed E-state index contributed by atoms with van der Waals surface area (Å²) in [5, 5.41) is 1.69. The Morgan fingerprint density at radius 3 is 1.73 bits per heavy atom. The van der Waals surface area contributed by atoms with Gasteiger partial charge in [-0.15, -0.1) is 0 Å². The van der Waals surface area contributed by atoms with Gasteiger partial charge in [0.1, 0.15) is 11.5 Å². The number of para-hydroxylation sites is 1. The molecular weight excluding hydrogens is 508 g/mol. The quantitative estimate of drug-likeness (QED) is 0.248. The highest BCUT2D eigenvalue weighted by atomic mass is 32.2. The summed E-state index contributed by atoms with van der Waals surface area (Å²) in [6.07, 6.45) is 0. The number of sulfonamides is 2. The summed E-state index contributed by atoms with van der Waals surface area (Å²) < 4.78 is 62.4. The van der Waals surface area contributed by atoms with Crippen LogP contribution >= 0.6 is 0 Å². The lowest BCUT2D eigenvalue weighted by Gasteiger charge is -2.12. The first-order chi connectivity index (χ1) is 17.8. The van der Waals surface area contributed by atoms with Crippen LogP contribution in [0, 0.1) is 0 Å². The van der Waals surface area contributed by atoms with E-state index in [1.165, 1.54) is 36.4 Å². The molecule has 0 spiro atoms. The van der Waals surface area contributed by atoms with Crippen LogP contribution in [0.3, 0.4) is 0 Å². The number of hydrogen-bond donors (Lipinski definition) is 2. The number of anilines is 2. The van der Waals surface area contributed by atoms with Crippen molar-refractivity contribution in [3.05, 3.63) is 121 Å². The Morgan fingerprint density at radius 1 is 0.486 bits per heavy atom. The summed E-state index contributed by atoms with van der Waals surface area (Å²) in [5.41, 5.74) is 0.691. The van der Waals surface area contributed by atoms with Crippen LogP contribution < -0.4 is 14.2 Å². The Labute approximate surface area is 215 Å². The molecule has 7 nitrogen and oxygen atoms in total. The van der Waals surface area contributed by atoms with Crippen LogP contribution in [0.15, 0.2) is 131 Å². The monoisotopic (exact) mass is 530 g/mol. The molecular formula is C28H22N2O5S2. The van der Waals surface area contributed by atoms with E-state index in [4.69, 9.17) is 4.74 Å². The average Bonchev–Trinajstić information content (AvgIpc) is 2.90. The molecule has 5 aromatic rings. The summed E-state index contributed by atoms with van der Waals surface area (Å²) >= 11 is 0. The molecule has 0 amide bonds. The number of ether oxygens (including phenoxy) is 1. The number of benzene rings is 5. The maximum Gasteiger partial charge on any atom is 0.261 e. The number of nitrogens with one attached hydrogen (secondary N) is 2. The second kappa shape index (κ2) is 9.96. The zero-order chi connectivity index (χ0) is 25.9. The van der Waals surface area contributed by atoms with Gasteiger partial charge in [-0.25, -0.2) is 16.8 Å². The van der Waals surface area contributed by atoms with Crippen molar-refractivity contribution in [2.24, 2.45) is 0 Å². The highest BCUT2D eigenvalue weighted by molar-refractivity contribution is 7.93.